The number of furan rings is 1. The molecule has 4 heteroatoms. The van der Waals surface area contributed by atoms with E-state index in [4.69, 9.17) is 10.2 Å². The molecular formula is C14H21N3O. The third-order valence-corrected chi connectivity index (χ3v) is 3.38. The monoisotopic (exact) mass is 247 g/mol. The van der Waals surface area contributed by atoms with Crippen LogP contribution in [0, 0.1) is 0 Å². The van der Waals surface area contributed by atoms with E-state index < -0.39 is 0 Å². The number of nitrogens with zero attached hydrogens (tertiary/aromatic N) is 2. The molecule has 4 nitrogen and oxygen atoms in total. The maximum absolute atomic E-state index is 6.11. The molecule has 2 N–H and O–H groups in total. The zero-order valence-electron chi connectivity index (χ0n) is 11.0. The van der Waals surface area contributed by atoms with Gasteiger partial charge in [-0.1, -0.05) is 13.8 Å². The third-order valence-electron chi connectivity index (χ3n) is 3.38. The summed E-state index contributed by atoms with van der Waals surface area (Å²) in [6.07, 6.45) is 8.35. The lowest BCUT2D eigenvalue weighted by molar-refractivity contribution is 0.424. The average molecular weight is 247 g/mol. The van der Waals surface area contributed by atoms with Crippen LogP contribution in [0.2, 0.25) is 0 Å². The highest BCUT2D eigenvalue weighted by atomic mass is 16.3. The molecule has 2 heterocycles. The molecule has 0 aliphatic heterocycles. The highest BCUT2D eigenvalue weighted by molar-refractivity contribution is 5.14. The van der Waals surface area contributed by atoms with Crippen LogP contribution in [0.5, 0.6) is 0 Å². The summed E-state index contributed by atoms with van der Waals surface area (Å²) in [4.78, 5) is 0. The summed E-state index contributed by atoms with van der Waals surface area (Å²) in [5, 5.41) is 4.61. The van der Waals surface area contributed by atoms with Crippen molar-refractivity contribution >= 4 is 0 Å². The fourth-order valence-electron chi connectivity index (χ4n) is 2.18. The molecular weight excluding hydrogens is 226 g/mol. The molecule has 0 aromatic carbocycles. The fraction of sp³-hybridized carbons (Fsp3) is 0.500. The molecule has 0 aliphatic rings. The summed E-state index contributed by atoms with van der Waals surface area (Å²) < 4.78 is 7.10. The average Bonchev–Trinajstić information content (AvgIpc) is 3.01. The molecule has 1 unspecified atom stereocenters. The summed E-state index contributed by atoms with van der Waals surface area (Å²) in [6, 6.07) is 4.40. The summed E-state index contributed by atoms with van der Waals surface area (Å²) in [5.74, 6) is 0. The van der Waals surface area contributed by atoms with Gasteiger partial charge in [0.05, 0.1) is 24.3 Å². The van der Waals surface area contributed by atoms with Gasteiger partial charge in [-0.2, -0.15) is 5.10 Å². The zero-order chi connectivity index (χ0) is 13.0. The molecule has 2 aromatic rings. The van der Waals surface area contributed by atoms with Crippen molar-refractivity contribution in [1.29, 1.82) is 0 Å². The van der Waals surface area contributed by atoms with E-state index in [1.807, 2.05) is 6.07 Å². The van der Waals surface area contributed by atoms with Gasteiger partial charge in [0.25, 0.3) is 0 Å². The normalized spacial score (nSPS) is 13.1. The molecule has 18 heavy (non-hydrogen) atoms. The minimum absolute atomic E-state index is 0.0474. The van der Waals surface area contributed by atoms with E-state index >= 15 is 0 Å². The highest BCUT2D eigenvalue weighted by Crippen LogP contribution is 2.18. The maximum Gasteiger partial charge on any atom is 0.0950 e. The molecule has 0 bridgehead atoms. The van der Waals surface area contributed by atoms with Crippen LogP contribution in [-0.4, -0.2) is 9.78 Å². The molecule has 0 saturated carbocycles. The third kappa shape index (κ3) is 2.82. The minimum atomic E-state index is -0.0474. The van der Waals surface area contributed by atoms with Gasteiger partial charge in [-0.3, -0.25) is 4.68 Å². The predicted octanol–water partition coefficient (Wildman–Crippen LogP) is 3.08. The first kappa shape index (κ1) is 12.9. The maximum atomic E-state index is 6.11. The van der Waals surface area contributed by atoms with Crippen molar-refractivity contribution in [1.82, 2.24) is 9.78 Å². The van der Waals surface area contributed by atoms with E-state index in [9.17, 15) is 0 Å². The first-order valence-electron chi connectivity index (χ1n) is 6.56. The summed E-state index contributed by atoms with van der Waals surface area (Å²) in [6.45, 7) is 4.37. The van der Waals surface area contributed by atoms with Crippen LogP contribution in [0.15, 0.2) is 35.3 Å². The van der Waals surface area contributed by atoms with Crippen LogP contribution < -0.4 is 5.73 Å². The van der Waals surface area contributed by atoms with Gasteiger partial charge >= 0.3 is 0 Å². The Morgan fingerprint density at radius 1 is 1.33 bits per heavy atom. The molecule has 2 aromatic heterocycles. The molecule has 0 saturated heterocycles. The first-order valence-corrected chi connectivity index (χ1v) is 6.56. The van der Waals surface area contributed by atoms with Crippen molar-refractivity contribution < 1.29 is 4.42 Å². The number of rotatable bonds is 6. The van der Waals surface area contributed by atoms with Crippen molar-refractivity contribution in [2.75, 3.05) is 0 Å². The second-order valence-electron chi connectivity index (χ2n) is 4.62. The quantitative estimate of drug-likeness (QED) is 0.853. The Balaban J connectivity index is 2.02. The SMILES string of the molecule is CCC(CC)n1ccc(CC(N)c2ccoc2)n1. The lowest BCUT2D eigenvalue weighted by Crippen LogP contribution is -2.14. The van der Waals surface area contributed by atoms with Gasteiger partial charge in [-0.25, -0.2) is 0 Å². The molecule has 98 valence electrons. The smallest absolute Gasteiger partial charge is 0.0950 e. The van der Waals surface area contributed by atoms with Gasteiger partial charge in [0.15, 0.2) is 0 Å². The summed E-state index contributed by atoms with van der Waals surface area (Å²) >= 11 is 0. The van der Waals surface area contributed by atoms with E-state index in [0.29, 0.717) is 6.04 Å². The Morgan fingerprint density at radius 3 is 2.72 bits per heavy atom. The largest absolute Gasteiger partial charge is 0.472 e. The summed E-state index contributed by atoms with van der Waals surface area (Å²) in [5.41, 5.74) is 8.17. The zero-order valence-corrected chi connectivity index (χ0v) is 11.0. The molecule has 0 spiro atoms. The topological polar surface area (TPSA) is 57.0 Å². The Hall–Kier alpha value is -1.55. The van der Waals surface area contributed by atoms with Crippen LogP contribution >= 0.6 is 0 Å². The fourth-order valence-corrected chi connectivity index (χ4v) is 2.18. The van der Waals surface area contributed by atoms with Crippen LogP contribution in [0.3, 0.4) is 0 Å². The Morgan fingerprint density at radius 2 is 2.11 bits per heavy atom. The van der Waals surface area contributed by atoms with Crippen molar-refractivity contribution in [3.8, 4) is 0 Å². The van der Waals surface area contributed by atoms with Crippen molar-refractivity contribution in [2.24, 2.45) is 5.73 Å². The minimum Gasteiger partial charge on any atom is -0.472 e. The van der Waals surface area contributed by atoms with Gasteiger partial charge in [0.1, 0.15) is 0 Å². The van der Waals surface area contributed by atoms with Gasteiger partial charge in [-0.15, -0.1) is 0 Å². The van der Waals surface area contributed by atoms with Crippen molar-refractivity contribution in [3.05, 3.63) is 42.1 Å². The van der Waals surface area contributed by atoms with Gasteiger partial charge in [-0.05, 0) is 25.0 Å². The lowest BCUT2D eigenvalue weighted by atomic mass is 10.1. The molecule has 0 amide bonds. The molecule has 0 fully saturated rings. The number of hydrogen-bond acceptors (Lipinski definition) is 3. The Kier molecular flexibility index (Phi) is 4.20. The summed E-state index contributed by atoms with van der Waals surface area (Å²) in [7, 11) is 0. The van der Waals surface area contributed by atoms with E-state index in [2.05, 4.69) is 35.9 Å². The number of nitrogens with two attached hydrogens (primary N) is 1. The molecule has 1 atom stereocenters. The molecule has 2 rings (SSSR count). The van der Waals surface area contributed by atoms with Crippen LogP contribution in [0.4, 0.5) is 0 Å². The predicted molar refractivity (Wildman–Crippen MR) is 71.2 cm³/mol. The second-order valence-corrected chi connectivity index (χ2v) is 4.62. The second kappa shape index (κ2) is 5.87. The van der Waals surface area contributed by atoms with Crippen LogP contribution in [0.1, 0.15) is 50.0 Å². The Bertz CT molecular complexity index is 457. The van der Waals surface area contributed by atoms with Crippen molar-refractivity contribution in [3.63, 3.8) is 0 Å². The van der Waals surface area contributed by atoms with E-state index in [0.717, 1.165) is 30.5 Å². The van der Waals surface area contributed by atoms with Crippen molar-refractivity contribution in [2.45, 2.75) is 45.2 Å². The Labute approximate surface area is 108 Å². The lowest BCUT2D eigenvalue weighted by Gasteiger charge is -2.12. The van der Waals surface area contributed by atoms with Crippen LogP contribution in [-0.2, 0) is 6.42 Å². The molecule has 0 aliphatic carbocycles. The highest BCUT2D eigenvalue weighted by Gasteiger charge is 2.12. The standard InChI is InChI=1S/C14H21N3O/c1-3-13(4-2)17-7-5-12(16-17)9-14(15)11-6-8-18-10-11/h5-8,10,13-14H,3-4,9,15H2,1-2H3. The van der Waals surface area contributed by atoms with Gasteiger partial charge < -0.3 is 10.2 Å². The van der Waals surface area contributed by atoms with E-state index in [1.54, 1.807) is 12.5 Å². The number of hydrogen-bond donors (Lipinski definition) is 1. The van der Waals surface area contributed by atoms with Gasteiger partial charge in [0, 0.05) is 24.2 Å². The first-order chi connectivity index (χ1) is 8.74. The molecule has 0 radical (unpaired) electrons. The van der Waals surface area contributed by atoms with E-state index in [1.165, 1.54) is 0 Å². The van der Waals surface area contributed by atoms with E-state index in [-0.39, 0.29) is 6.04 Å². The van der Waals surface area contributed by atoms with Gasteiger partial charge in [0.2, 0.25) is 0 Å². The number of aromatic nitrogens is 2. The van der Waals surface area contributed by atoms with Crippen LogP contribution in [0.25, 0.3) is 0 Å².